The quantitative estimate of drug-likeness (QED) is 0.838. The second-order valence-electron chi connectivity index (χ2n) is 3.06. The molecule has 0 unspecified atom stereocenters. The lowest BCUT2D eigenvalue weighted by Gasteiger charge is -2.00. The van der Waals surface area contributed by atoms with E-state index in [0.29, 0.717) is 10.6 Å². The Bertz CT molecular complexity index is 551. The van der Waals surface area contributed by atoms with Crippen molar-refractivity contribution in [3.63, 3.8) is 0 Å². The van der Waals surface area contributed by atoms with E-state index in [1.54, 1.807) is 24.3 Å². The second-order valence-corrected chi connectivity index (χ2v) is 3.46. The van der Waals surface area contributed by atoms with Gasteiger partial charge in [0.25, 0.3) is 0 Å². The number of carbonyl (C=O) groups is 1. The fraction of sp³-hybridized carbons (Fsp3) is 0. The van der Waals surface area contributed by atoms with Gasteiger partial charge in [0.05, 0.1) is 5.02 Å². The number of nitrogen functional groups attached to an aromatic ring is 1. The van der Waals surface area contributed by atoms with Crippen LogP contribution < -0.4 is 5.73 Å². The Morgan fingerprint density at radius 2 is 2.12 bits per heavy atom. The first-order chi connectivity index (χ1) is 7.61. The van der Waals surface area contributed by atoms with E-state index in [1.165, 1.54) is 0 Å². The van der Waals surface area contributed by atoms with Crippen molar-refractivity contribution in [2.45, 2.75) is 0 Å². The molecule has 0 atom stereocenters. The number of nitrogens with zero attached hydrogens (tertiary/aromatic N) is 1. The molecule has 0 amide bonds. The standard InChI is InChI=1S/C10H7ClN2O3/c11-6-4-2-1-3-5(6)8-7(10(14)15)9(12)13-16-8/h1-4H,(H2,12,13)(H,14,15). The van der Waals surface area contributed by atoms with Crippen LogP contribution in [0.5, 0.6) is 0 Å². The average Bonchev–Trinajstić information content (AvgIpc) is 2.61. The van der Waals surface area contributed by atoms with E-state index in [2.05, 4.69) is 5.16 Å². The third kappa shape index (κ3) is 1.61. The highest BCUT2D eigenvalue weighted by molar-refractivity contribution is 6.33. The van der Waals surface area contributed by atoms with Crippen LogP contribution in [0.3, 0.4) is 0 Å². The summed E-state index contributed by atoms with van der Waals surface area (Å²) in [4.78, 5) is 11.0. The molecule has 0 aliphatic carbocycles. The molecule has 82 valence electrons. The molecular formula is C10H7ClN2O3. The van der Waals surface area contributed by atoms with Crippen molar-refractivity contribution >= 4 is 23.4 Å². The Labute approximate surface area is 95.4 Å². The number of rotatable bonds is 2. The molecular weight excluding hydrogens is 232 g/mol. The minimum atomic E-state index is -1.20. The summed E-state index contributed by atoms with van der Waals surface area (Å²) < 4.78 is 4.88. The lowest BCUT2D eigenvalue weighted by Crippen LogP contribution is -2.01. The van der Waals surface area contributed by atoms with E-state index in [1.807, 2.05) is 0 Å². The number of halogens is 1. The van der Waals surface area contributed by atoms with Gasteiger partial charge >= 0.3 is 5.97 Å². The number of carboxylic acid groups (broad SMARTS) is 1. The number of carboxylic acids is 1. The van der Waals surface area contributed by atoms with E-state index in [4.69, 9.17) is 27.0 Å². The summed E-state index contributed by atoms with van der Waals surface area (Å²) in [5.74, 6) is -1.30. The Hall–Kier alpha value is -2.01. The third-order valence-electron chi connectivity index (χ3n) is 2.05. The maximum absolute atomic E-state index is 11.0. The molecule has 1 heterocycles. The maximum Gasteiger partial charge on any atom is 0.343 e. The van der Waals surface area contributed by atoms with Crippen molar-refractivity contribution in [2.75, 3.05) is 5.73 Å². The van der Waals surface area contributed by atoms with E-state index < -0.39 is 5.97 Å². The highest BCUT2D eigenvalue weighted by Gasteiger charge is 2.23. The summed E-state index contributed by atoms with van der Waals surface area (Å²) in [5.41, 5.74) is 5.68. The normalized spacial score (nSPS) is 10.3. The van der Waals surface area contributed by atoms with E-state index in [0.717, 1.165) is 0 Å². The van der Waals surface area contributed by atoms with Gasteiger partial charge in [-0.15, -0.1) is 0 Å². The Morgan fingerprint density at radius 3 is 2.75 bits per heavy atom. The molecule has 2 rings (SSSR count). The van der Waals surface area contributed by atoms with E-state index >= 15 is 0 Å². The summed E-state index contributed by atoms with van der Waals surface area (Å²) in [6, 6.07) is 6.70. The maximum atomic E-state index is 11.0. The highest BCUT2D eigenvalue weighted by Crippen LogP contribution is 2.32. The fourth-order valence-electron chi connectivity index (χ4n) is 1.34. The molecule has 0 aliphatic rings. The highest BCUT2D eigenvalue weighted by atomic mass is 35.5. The van der Waals surface area contributed by atoms with Gasteiger partial charge in [-0.05, 0) is 12.1 Å². The van der Waals surface area contributed by atoms with Crippen LogP contribution in [0.1, 0.15) is 10.4 Å². The zero-order valence-electron chi connectivity index (χ0n) is 7.98. The van der Waals surface area contributed by atoms with Crippen molar-refractivity contribution in [1.82, 2.24) is 5.16 Å². The average molecular weight is 239 g/mol. The van der Waals surface area contributed by atoms with Gasteiger partial charge in [0.1, 0.15) is 0 Å². The molecule has 0 fully saturated rings. The van der Waals surface area contributed by atoms with Crippen LogP contribution >= 0.6 is 11.6 Å². The molecule has 5 nitrogen and oxygen atoms in total. The van der Waals surface area contributed by atoms with Gasteiger partial charge in [-0.25, -0.2) is 4.79 Å². The number of nitrogens with two attached hydrogens (primary N) is 1. The topological polar surface area (TPSA) is 89.4 Å². The van der Waals surface area contributed by atoms with Crippen LogP contribution in [0.25, 0.3) is 11.3 Å². The minimum Gasteiger partial charge on any atom is -0.477 e. The summed E-state index contributed by atoms with van der Waals surface area (Å²) >= 11 is 5.92. The second kappa shape index (κ2) is 3.86. The van der Waals surface area contributed by atoms with E-state index in [9.17, 15) is 4.79 Å². The molecule has 3 N–H and O–H groups in total. The predicted octanol–water partition coefficient (Wildman–Crippen LogP) is 2.28. The van der Waals surface area contributed by atoms with Gasteiger partial charge in [-0.1, -0.05) is 28.9 Å². The molecule has 6 heteroatoms. The molecule has 0 radical (unpaired) electrons. The first kappa shape index (κ1) is 10.5. The van der Waals surface area contributed by atoms with Gasteiger partial charge in [0.2, 0.25) is 0 Å². The third-order valence-corrected chi connectivity index (χ3v) is 2.38. The lowest BCUT2D eigenvalue weighted by molar-refractivity contribution is 0.0698. The van der Waals surface area contributed by atoms with Crippen LogP contribution in [-0.4, -0.2) is 16.2 Å². The summed E-state index contributed by atoms with van der Waals surface area (Å²) in [6.07, 6.45) is 0. The number of aromatic carboxylic acids is 1. The van der Waals surface area contributed by atoms with Gasteiger partial charge in [-0.3, -0.25) is 0 Å². The van der Waals surface area contributed by atoms with Gasteiger partial charge in [0.15, 0.2) is 17.1 Å². The summed E-state index contributed by atoms with van der Waals surface area (Å²) in [5, 5.41) is 12.8. The van der Waals surface area contributed by atoms with Crippen molar-refractivity contribution in [2.24, 2.45) is 0 Å². The first-order valence-corrected chi connectivity index (χ1v) is 4.72. The number of hydrogen-bond acceptors (Lipinski definition) is 4. The molecule has 0 saturated heterocycles. The molecule has 0 spiro atoms. The number of hydrogen-bond donors (Lipinski definition) is 2. The predicted molar refractivity (Wildman–Crippen MR) is 58.3 cm³/mol. The molecule has 16 heavy (non-hydrogen) atoms. The smallest absolute Gasteiger partial charge is 0.343 e. The zero-order chi connectivity index (χ0) is 11.7. The Morgan fingerprint density at radius 1 is 1.44 bits per heavy atom. The van der Waals surface area contributed by atoms with Crippen LogP contribution in [0.4, 0.5) is 5.82 Å². The van der Waals surface area contributed by atoms with Crippen molar-refractivity contribution < 1.29 is 14.4 Å². The van der Waals surface area contributed by atoms with Crippen LogP contribution in [0.2, 0.25) is 5.02 Å². The van der Waals surface area contributed by atoms with Crippen LogP contribution in [0.15, 0.2) is 28.8 Å². The Balaban J connectivity index is 2.66. The van der Waals surface area contributed by atoms with Crippen LogP contribution in [-0.2, 0) is 0 Å². The minimum absolute atomic E-state index is 0.0654. The SMILES string of the molecule is Nc1noc(-c2ccccc2Cl)c1C(=O)O. The van der Waals surface area contributed by atoms with Crippen molar-refractivity contribution in [3.8, 4) is 11.3 Å². The van der Waals surface area contributed by atoms with Gasteiger partial charge < -0.3 is 15.4 Å². The molecule has 0 bridgehead atoms. The first-order valence-electron chi connectivity index (χ1n) is 4.34. The Kier molecular flexibility index (Phi) is 2.54. The summed E-state index contributed by atoms with van der Waals surface area (Å²) in [6.45, 7) is 0. The van der Waals surface area contributed by atoms with Crippen LogP contribution in [0, 0.1) is 0 Å². The largest absolute Gasteiger partial charge is 0.477 e. The molecule has 1 aromatic carbocycles. The molecule has 1 aromatic heterocycles. The van der Waals surface area contributed by atoms with E-state index in [-0.39, 0.29) is 17.1 Å². The molecule has 0 aliphatic heterocycles. The molecule has 2 aromatic rings. The van der Waals surface area contributed by atoms with Crippen molar-refractivity contribution in [1.29, 1.82) is 0 Å². The number of benzene rings is 1. The van der Waals surface area contributed by atoms with Crippen molar-refractivity contribution in [3.05, 3.63) is 34.9 Å². The van der Waals surface area contributed by atoms with Gasteiger partial charge in [-0.2, -0.15) is 0 Å². The zero-order valence-corrected chi connectivity index (χ0v) is 8.73. The van der Waals surface area contributed by atoms with Gasteiger partial charge in [0, 0.05) is 5.56 Å². The number of anilines is 1. The molecule has 0 saturated carbocycles. The fourth-order valence-corrected chi connectivity index (χ4v) is 1.56. The number of aromatic nitrogens is 1. The summed E-state index contributed by atoms with van der Waals surface area (Å²) in [7, 11) is 0. The lowest BCUT2D eigenvalue weighted by atomic mass is 10.1. The monoisotopic (exact) mass is 238 g/mol.